The molecule has 5 nitrogen and oxygen atoms in total. The highest BCUT2D eigenvalue weighted by Gasteiger charge is 2.14. The Morgan fingerprint density at radius 3 is 2.76 bits per heavy atom. The summed E-state index contributed by atoms with van der Waals surface area (Å²) in [4.78, 5) is 0. The van der Waals surface area contributed by atoms with Crippen LogP contribution in [0.25, 0.3) is 17.1 Å². The molecular formula is C14H11ClFN5. The van der Waals surface area contributed by atoms with Crippen LogP contribution in [0.1, 0.15) is 5.56 Å². The second-order valence-corrected chi connectivity index (χ2v) is 5.05. The lowest BCUT2D eigenvalue weighted by molar-refractivity contribution is 0.624. The Bertz CT molecular complexity index is 795. The summed E-state index contributed by atoms with van der Waals surface area (Å²) >= 11 is 6.00. The van der Waals surface area contributed by atoms with Gasteiger partial charge in [-0.25, -0.2) is 4.39 Å². The van der Waals surface area contributed by atoms with E-state index in [0.717, 1.165) is 5.56 Å². The van der Waals surface area contributed by atoms with Crippen molar-refractivity contribution in [1.82, 2.24) is 20.2 Å². The fourth-order valence-corrected chi connectivity index (χ4v) is 2.33. The molecule has 1 heterocycles. The Hall–Kier alpha value is -2.47. The molecule has 3 rings (SSSR count). The van der Waals surface area contributed by atoms with Gasteiger partial charge in [-0.3, -0.25) is 0 Å². The number of hydrogen-bond acceptors (Lipinski definition) is 4. The Morgan fingerprint density at radius 1 is 1.19 bits per heavy atom. The minimum Gasteiger partial charge on any atom is -0.399 e. The van der Waals surface area contributed by atoms with Crippen LogP contribution in [-0.2, 0) is 0 Å². The Morgan fingerprint density at radius 2 is 2.00 bits per heavy atom. The standard InChI is InChI=1S/C14H11ClFN5/c1-8-2-3-11(16)7-13(8)21-14(18-19-20-21)9-4-10(15)6-12(17)5-9/h2-7H,17H2,1H3. The number of nitrogens with zero attached hydrogens (tertiary/aromatic N) is 4. The molecule has 0 fully saturated rings. The first kappa shape index (κ1) is 13.5. The van der Waals surface area contributed by atoms with Crippen molar-refractivity contribution in [1.29, 1.82) is 0 Å². The van der Waals surface area contributed by atoms with Crippen molar-refractivity contribution in [2.75, 3.05) is 5.73 Å². The molecule has 0 bridgehead atoms. The van der Waals surface area contributed by atoms with Crippen molar-refractivity contribution in [3.8, 4) is 17.1 Å². The number of aromatic nitrogens is 4. The average molecular weight is 304 g/mol. The fourth-order valence-electron chi connectivity index (χ4n) is 2.08. The second-order valence-electron chi connectivity index (χ2n) is 4.62. The molecule has 7 heteroatoms. The van der Waals surface area contributed by atoms with E-state index in [4.69, 9.17) is 17.3 Å². The molecule has 0 atom stereocenters. The number of hydrogen-bond donors (Lipinski definition) is 1. The number of anilines is 1. The molecule has 106 valence electrons. The molecule has 0 aliphatic heterocycles. The third-order valence-electron chi connectivity index (χ3n) is 3.05. The van der Waals surface area contributed by atoms with E-state index in [1.165, 1.54) is 16.8 Å². The topological polar surface area (TPSA) is 69.6 Å². The van der Waals surface area contributed by atoms with Crippen molar-refractivity contribution in [2.24, 2.45) is 0 Å². The van der Waals surface area contributed by atoms with Gasteiger partial charge >= 0.3 is 0 Å². The number of rotatable bonds is 2. The summed E-state index contributed by atoms with van der Waals surface area (Å²) in [5.74, 6) is 0.0838. The van der Waals surface area contributed by atoms with Crippen molar-refractivity contribution in [2.45, 2.75) is 6.92 Å². The zero-order chi connectivity index (χ0) is 15.0. The van der Waals surface area contributed by atoms with Gasteiger partial charge in [-0.2, -0.15) is 4.68 Å². The predicted molar refractivity (Wildman–Crippen MR) is 78.7 cm³/mol. The maximum absolute atomic E-state index is 13.5. The number of nitrogen functional groups attached to an aromatic ring is 1. The third-order valence-corrected chi connectivity index (χ3v) is 3.27. The Balaban J connectivity index is 2.19. The zero-order valence-electron chi connectivity index (χ0n) is 11.1. The van der Waals surface area contributed by atoms with E-state index < -0.39 is 0 Å². The second kappa shape index (κ2) is 5.14. The molecule has 1 aromatic heterocycles. The lowest BCUT2D eigenvalue weighted by Gasteiger charge is -2.08. The third kappa shape index (κ3) is 2.57. The molecule has 2 aromatic carbocycles. The van der Waals surface area contributed by atoms with E-state index >= 15 is 0 Å². The number of nitrogens with two attached hydrogens (primary N) is 1. The minimum absolute atomic E-state index is 0.359. The van der Waals surface area contributed by atoms with Crippen molar-refractivity contribution in [3.05, 3.63) is 52.8 Å². The molecule has 0 unspecified atom stereocenters. The molecular weight excluding hydrogens is 293 g/mol. The molecule has 2 N–H and O–H groups in total. The molecule has 0 saturated heterocycles. The van der Waals surface area contributed by atoms with Gasteiger partial charge in [-0.1, -0.05) is 17.7 Å². The smallest absolute Gasteiger partial charge is 0.187 e. The lowest BCUT2D eigenvalue weighted by Crippen LogP contribution is -2.03. The first-order valence-corrected chi connectivity index (χ1v) is 6.54. The summed E-state index contributed by atoms with van der Waals surface area (Å²) in [7, 11) is 0. The minimum atomic E-state index is -0.359. The van der Waals surface area contributed by atoms with Crippen LogP contribution in [0, 0.1) is 12.7 Å². The van der Waals surface area contributed by atoms with Gasteiger partial charge in [0, 0.05) is 16.3 Å². The first-order chi connectivity index (χ1) is 10.0. The molecule has 0 spiro atoms. The summed E-state index contributed by atoms with van der Waals surface area (Å²) in [5, 5.41) is 12.1. The molecule has 21 heavy (non-hydrogen) atoms. The molecule has 0 aliphatic carbocycles. The van der Waals surface area contributed by atoms with Gasteiger partial charge in [0.15, 0.2) is 5.82 Å². The molecule has 0 saturated carbocycles. The maximum Gasteiger partial charge on any atom is 0.187 e. The van der Waals surface area contributed by atoms with E-state index in [1.54, 1.807) is 24.3 Å². The predicted octanol–water partition coefficient (Wildman–Crippen LogP) is 3.01. The van der Waals surface area contributed by atoms with Crippen LogP contribution >= 0.6 is 11.6 Å². The van der Waals surface area contributed by atoms with Crippen LogP contribution in [-0.4, -0.2) is 20.2 Å². The highest BCUT2D eigenvalue weighted by molar-refractivity contribution is 6.31. The lowest BCUT2D eigenvalue weighted by atomic mass is 10.1. The molecule has 0 amide bonds. The van der Waals surface area contributed by atoms with Gasteiger partial charge in [0.1, 0.15) is 5.82 Å². The number of tetrazole rings is 1. The first-order valence-electron chi connectivity index (χ1n) is 6.16. The van der Waals surface area contributed by atoms with Crippen LogP contribution in [0.5, 0.6) is 0 Å². The van der Waals surface area contributed by atoms with Crippen LogP contribution < -0.4 is 5.73 Å². The normalized spacial score (nSPS) is 10.8. The van der Waals surface area contributed by atoms with E-state index in [0.29, 0.717) is 27.8 Å². The van der Waals surface area contributed by atoms with Crippen molar-refractivity contribution in [3.63, 3.8) is 0 Å². The van der Waals surface area contributed by atoms with Gasteiger partial charge in [-0.15, -0.1) is 5.10 Å². The summed E-state index contributed by atoms with van der Waals surface area (Å²) in [5.41, 5.74) is 8.36. The SMILES string of the molecule is Cc1ccc(F)cc1-n1nnnc1-c1cc(N)cc(Cl)c1. The van der Waals surface area contributed by atoms with Gasteiger partial charge in [0.25, 0.3) is 0 Å². The van der Waals surface area contributed by atoms with Crippen LogP contribution in [0.4, 0.5) is 10.1 Å². The molecule has 0 radical (unpaired) electrons. The number of benzene rings is 2. The maximum atomic E-state index is 13.5. The highest BCUT2D eigenvalue weighted by Crippen LogP contribution is 2.26. The van der Waals surface area contributed by atoms with E-state index in [-0.39, 0.29) is 5.82 Å². The average Bonchev–Trinajstić information content (AvgIpc) is 2.89. The van der Waals surface area contributed by atoms with Gasteiger partial charge < -0.3 is 5.73 Å². The highest BCUT2D eigenvalue weighted by atomic mass is 35.5. The Kier molecular flexibility index (Phi) is 3.31. The van der Waals surface area contributed by atoms with E-state index in [2.05, 4.69) is 15.5 Å². The summed E-state index contributed by atoms with van der Waals surface area (Å²) in [6.07, 6.45) is 0. The van der Waals surface area contributed by atoms with Crippen LogP contribution in [0.2, 0.25) is 5.02 Å². The Labute approximate surface area is 125 Å². The van der Waals surface area contributed by atoms with Crippen LogP contribution in [0.15, 0.2) is 36.4 Å². The van der Waals surface area contributed by atoms with Gasteiger partial charge in [0.05, 0.1) is 5.69 Å². The van der Waals surface area contributed by atoms with Crippen molar-refractivity contribution >= 4 is 17.3 Å². The quantitative estimate of drug-likeness (QED) is 0.739. The van der Waals surface area contributed by atoms with Gasteiger partial charge in [-0.05, 0) is 53.2 Å². The van der Waals surface area contributed by atoms with E-state index in [1.807, 2.05) is 6.92 Å². The summed E-state index contributed by atoms with van der Waals surface area (Å²) in [6.45, 7) is 1.85. The zero-order valence-corrected chi connectivity index (χ0v) is 11.8. The van der Waals surface area contributed by atoms with Crippen LogP contribution in [0.3, 0.4) is 0 Å². The molecule has 3 aromatic rings. The van der Waals surface area contributed by atoms with Crippen molar-refractivity contribution < 1.29 is 4.39 Å². The fraction of sp³-hybridized carbons (Fsp3) is 0.0714. The molecule has 0 aliphatic rings. The van der Waals surface area contributed by atoms with Gasteiger partial charge in [0.2, 0.25) is 0 Å². The monoisotopic (exact) mass is 303 g/mol. The van der Waals surface area contributed by atoms with E-state index in [9.17, 15) is 4.39 Å². The number of halogens is 2. The summed E-state index contributed by atoms with van der Waals surface area (Å²) < 4.78 is 14.9. The number of aryl methyl sites for hydroxylation is 1. The largest absolute Gasteiger partial charge is 0.399 e. The summed E-state index contributed by atoms with van der Waals surface area (Å²) in [6, 6.07) is 9.48.